The van der Waals surface area contributed by atoms with E-state index in [0.717, 1.165) is 19.1 Å². The smallest absolute Gasteiger partial charge is 0.0641 e. The standard InChI is InChI=1S/C10H21NO/c1-4-9-5-6-11-10(2,7-9)8-12-3/h9,11H,4-8H2,1-3H3. The van der Waals surface area contributed by atoms with E-state index in [1.807, 2.05) is 0 Å². The van der Waals surface area contributed by atoms with Gasteiger partial charge in [-0.1, -0.05) is 13.3 Å². The van der Waals surface area contributed by atoms with Crippen LogP contribution in [0.3, 0.4) is 0 Å². The van der Waals surface area contributed by atoms with E-state index < -0.39 is 0 Å². The van der Waals surface area contributed by atoms with E-state index in [4.69, 9.17) is 4.74 Å². The van der Waals surface area contributed by atoms with Crippen LogP contribution in [0.4, 0.5) is 0 Å². The van der Waals surface area contributed by atoms with E-state index >= 15 is 0 Å². The second-order valence-corrected chi connectivity index (χ2v) is 4.19. The Kier molecular flexibility index (Phi) is 3.53. The molecule has 0 bridgehead atoms. The van der Waals surface area contributed by atoms with Crippen molar-refractivity contribution in [3.05, 3.63) is 0 Å². The number of ether oxygens (including phenoxy) is 1. The number of hydrogen-bond donors (Lipinski definition) is 1. The molecule has 0 aliphatic carbocycles. The number of methoxy groups -OCH3 is 1. The van der Waals surface area contributed by atoms with Gasteiger partial charge in [0.25, 0.3) is 0 Å². The fourth-order valence-corrected chi connectivity index (χ4v) is 2.17. The van der Waals surface area contributed by atoms with Crippen LogP contribution < -0.4 is 5.32 Å². The summed E-state index contributed by atoms with van der Waals surface area (Å²) < 4.78 is 5.21. The van der Waals surface area contributed by atoms with Crippen molar-refractivity contribution >= 4 is 0 Å². The van der Waals surface area contributed by atoms with Crippen LogP contribution in [0.25, 0.3) is 0 Å². The summed E-state index contributed by atoms with van der Waals surface area (Å²) in [6.07, 6.45) is 3.90. The van der Waals surface area contributed by atoms with E-state index in [2.05, 4.69) is 19.2 Å². The first-order valence-corrected chi connectivity index (χ1v) is 4.94. The lowest BCUT2D eigenvalue weighted by atomic mass is 9.82. The van der Waals surface area contributed by atoms with Gasteiger partial charge in [0.15, 0.2) is 0 Å². The van der Waals surface area contributed by atoms with Crippen LogP contribution in [0.2, 0.25) is 0 Å². The van der Waals surface area contributed by atoms with Gasteiger partial charge in [-0.2, -0.15) is 0 Å². The molecule has 1 aliphatic heterocycles. The molecule has 2 atom stereocenters. The Labute approximate surface area is 75.7 Å². The van der Waals surface area contributed by atoms with Crippen LogP contribution in [-0.2, 0) is 4.74 Å². The summed E-state index contributed by atoms with van der Waals surface area (Å²) in [5.74, 6) is 0.895. The topological polar surface area (TPSA) is 21.3 Å². The normalized spacial score (nSPS) is 36.8. The van der Waals surface area contributed by atoms with Gasteiger partial charge in [-0.15, -0.1) is 0 Å². The van der Waals surface area contributed by atoms with Gasteiger partial charge in [0, 0.05) is 12.6 Å². The lowest BCUT2D eigenvalue weighted by Gasteiger charge is -2.38. The first kappa shape index (κ1) is 10.0. The zero-order valence-corrected chi connectivity index (χ0v) is 8.52. The van der Waals surface area contributed by atoms with Crippen LogP contribution in [0, 0.1) is 5.92 Å². The Bertz CT molecular complexity index is 134. The minimum absolute atomic E-state index is 0.230. The quantitative estimate of drug-likeness (QED) is 0.699. The highest BCUT2D eigenvalue weighted by Crippen LogP contribution is 2.26. The number of piperidine rings is 1. The summed E-state index contributed by atoms with van der Waals surface area (Å²) >= 11 is 0. The molecule has 2 heteroatoms. The van der Waals surface area contributed by atoms with Gasteiger partial charge < -0.3 is 10.1 Å². The van der Waals surface area contributed by atoms with Gasteiger partial charge in [0.2, 0.25) is 0 Å². The third-order valence-electron chi connectivity index (χ3n) is 2.88. The van der Waals surface area contributed by atoms with Crippen molar-refractivity contribution in [2.75, 3.05) is 20.3 Å². The maximum absolute atomic E-state index is 5.21. The number of nitrogens with one attached hydrogen (secondary N) is 1. The molecule has 1 rings (SSSR count). The van der Waals surface area contributed by atoms with Crippen molar-refractivity contribution in [2.24, 2.45) is 5.92 Å². The predicted octanol–water partition coefficient (Wildman–Crippen LogP) is 1.80. The highest BCUT2D eigenvalue weighted by molar-refractivity contribution is 4.89. The van der Waals surface area contributed by atoms with Crippen LogP contribution in [0.15, 0.2) is 0 Å². The average molecular weight is 171 g/mol. The van der Waals surface area contributed by atoms with Gasteiger partial charge in [-0.25, -0.2) is 0 Å². The molecule has 0 aromatic carbocycles. The van der Waals surface area contributed by atoms with E-state index in [0.29, 0.717) is 0 Å². The molecule has 0 spiro atoms. The molecule has 72 valence electrons. The van der Waals surface area contributed by atoms with Gasteiger partial charge >= 0.3 is 0 Å². The van der Waals surface area contributed by atoms with E-state index in [9.17, 15) is 0 Å². The molecule has 0 amide bonds. The van der Waals surface area contributed by atoms with Crippen molar-refractivity contribution in [3.8, 4) is 0 Å². The minimum Gasteiger partial charge on any atom is -0.383 e. The average Bonchev–Trinajstić information content (AvgIpc) is 2.04. The monoisotopic (exact) mass is 171 g/mol. The Balaban J connectivity index is 2.43. The maximum Gasteiger partial charge on any atom is 0.0641 e. The van der Waals surface area contributed by atoms with Gasteiger partial charge in [0.05, 0.1) is 6.61 Å². The van der Waals surface area contributed by atoms with Crippen LogP contribution >= 0.6 is 0 Å². The first-order chi connectivity index (χ1) is 5.70. The molecule has 0 aromatic rings. The molecule has 0 saturated carbocycles. The van der Waals surface area contributed by atoms with Gasteiger partial charge in [0.1, 0.15) is 0 Å². The fraction of sp³-hybridized carbons (Fsp3) is 1.00. The third kappa shape index (κ3) is 2.46. The molecule has 2 nitrogen and oxygen atoms in total. The molecule has 1 N–H and O–H groups in total. The Morgan fingerprint density at radius 3 is 2.92 bits per heavy atom. The second-order valence-electron chi connectivity index (χ2n) is 4.19. The molecular formula is C10H21NO. The van der Waals surface area contributed by atoms with E-state index in [1.165, 1.54) is 19.3 Å². The highest BCUT2D eigenvalue weighted by atomic mass is 16.5. The zero-order valence-electron chi connectivity index (χ0n) is 8.52. The summed E-state index contributed by atoms with van der Waals surface area (Å²) in [6, 6.07) is 0. The van der Waals surface area contributed by atoms with Gasteiger partial charge in [-0.05, 0) is 32.2 Å². The summed E-state index contributed by atoms with van der Waals surface area (Å²) in [5, 5.41) is 3.54. The van der Waals surface area contributed by atoms with Crippen molar-refractivity contribution < 1.29 is 4.74 Å². The third-order valence-corrected chi connectivity index (χ3v) is 2.88. The Hall–Kier alpha value is -0.0800. The van der Waals surface area contributed by atoms with E-state index in [-0.39, 0.29) is 5.54 Å². The molecule has 1 fully saturated rings. The molecule has 12 heavy (non-hydrogen) atoms. The van der Waals surface area contributed by atoms with Crippen LogP contribution in [-0.4, -0.2) is 25.8 Å². The molecule has 1 heterocycles. The number of hydrogen-bond acceptors (Lipinski definition) is 2. The lowest BCUT2D eigenvalue weighted by molar-refractivity contribution is 0.0822. The Morgan fingerprint density at radius 2 is 2.33 bits per heavy atom. The second kappa shape index (κ2) is 4.24. The fourth-order valence-electron chi connectivity index (χ4n) is 2.17. The minimum atomic E-state index is 0.230. The summed E-state index contributed by atoms with van der Waals surface area (Å²) in [5.41, 5.74) is 0.230. The highest BCUT2D eigenvalue weighted by Gasteiger charge is 2.30. The van der Waals surface area contributed by atoms with Crippen molar-refractivity contribution in [2.45, 2.75) is 38.6 Å². The summed E-state index contributed by atoms with van der Waals surface area (Å²) in [4.78, 5) is 0. The molecule has 0 aromatic heterocycles. The van der Waals surface area contributed by atoms with Crippen molar-refractivity contribution in [1.29, 1.82) is 0 Å². The number of rotatable bonds is 3. The molecule has 0 radical (unpaired) electrons. The van der Waals surface area contributed by atoms with E-state index in [1.54, 1.807) is 7.11 Å². The molecule has 2 unspecified atom stereocenters. The van der Waals surface area contributed by atoms with Crippen LogP contribution in [0.5, 0.6) is 0 Å². The Morgan fingerprint density at radius 1 is 1.58 bits per heavy atom. The largest absolute Gasteiger partial charge is 0.383 e. The van der Waals surface area contributed by atoms with Gasteiger partial charge in [-0.3, -0.25) is 0 Å². The predicted molar refractivity (Wildman–Crippen MR) is 51.3 cm³/mol. The van der Waals surface area contributed by atoms with Crippen molar-refractivity contribution in [1.82, 2.24) is 5.32 Å². The van der Waals surface area contributed by atoms with Crippen molar-refractivity contribution in [3.63, 3.8) is 0 Å². The molecule has 1 saturated heterocycles. The zero-order chi connectivity index (χ0) is 9.03. The summed E-state index contributed by atoms with van der Waals surface area (Å²) in [7, 11) is 1.78. The molecule has 1 aliphatic rings. The SMILES string of the molecule is CCC1CCNC(C)(COC)C1. The van der Waals surface area contributed by atoms with Crippen LogP contribution in [0.1, 0.15) is 33.1 Å². The maximum atomic E-state index is 5.21. The summed E-state index contributed by atoms with van der Waals surface area (Å²) in [6.45, 7) is 6.53. The first-order valence-electron chi connectivity index (χ1n) is 4.94. The molecular weight excluding hydrogens is 150 g/mol. The lowest BCUT2D eigenvalue weighted by Crippen LogP contribution is -2.51.